The molecule has 0 unspecified atom stereocenters. The van der Waals surface area contributed by atoms with Crippen molar-refractivity contribution < 1.29 is 0 Å². The van der Waals surface area contributed by atoms with E-state index in [4.69, 9.17) is 4.98 Å². The highest BCUT2D eigenvalue weighted by molar-refractivity contribution is 5.47. The van der Waals surface area contributed by atoms with Crippen molar-refractivity contribution in [2.45, 2.75) is 70.9 Å². The summed E-state index contributed by atoms with van der Waals surface area (Å²) in [6, 6.07) is 0.513. The van der Waals surface area contributed by atoms with Crippen LogP contribution in [0.1, 0.15) is 63.7 Å². The average Bonchev–Trinajstić information content (AvgIpc) is 3.09. The molecular formula is C16H24N6. The van der Waals surface area contributed by atoms with Crippen molar-refractivity contribution in [3.8, 4) is 11.5 Å². The van der Waals surface area contributed by atoms with Crippen molar-refractivity contribution in [1.82, 2.24) is 29.8 Å². The molecule has 6 nitrogen and oxygen atoms in total. The van der Waals surface area contributed by atoms with Gasteiger partial charge in [0, 0.05) is 13.0 Å². The Bertz CT molecular complexity index is 633. The van der Waals surface area contributed by atoms with Gasteiger partial charge in [-0.2, -0.15) is 5.10 Å². The van der Waals surface area contributed by atoms with Gasteiger partial charge in [-0.25, -0.2) is 14.3 Å². The molecule has 2 aliphatic carbocycles. The second-order valence-corrected chi connectivity index (χ2v) is 6.69. The van der Waals surface area contributed by atoms with E-state index >= 15 is 0 Å². The molecule has 0 saturated heterocycles. The molecule has 0 amide bonds. The maximum absolute atomic E-state index is 4.73. The van der Waals surface area contributed by atoms with E-state index in [-0.39, 0.29) is 0 Å². The largest absolute Gasteiger partial charge is 0.249 e. The third kappa shape index (κ3) is 2.78. The lowest BCUT2D eigenvalue weighted by atomic mass is 9.96. The first-order chi connectivity index (χ1) is 10.8. The van der Waals surface area contributed by atoms with E-state index in [1.165, 1.54) is 44.9 Å². The van der Waals surface area contributed by atoms with E-state index in [1.54, 1.807) is 0 Å². The molecule has 0 N–H and O–H groups in total. The van der Waals surface area contributed by atoms with Crippen molar-refractivity contribution in [2.75, 3.05) is 0 Å². The fourth-order valence-electron chi connectivity index (χ4n) is 3.37. The van der Waals surface area contributed by atoms with Crippen molar-refractivity contribution in [2.24, 2.45) is 5.92 Å². The van der Waals surface area contributed by atoms with Gasteiger partial charge in [-0.15, -0.1) is 5.10 Å². The summed E-state index contributed by atoms with van der Waals surface area (Å²) in [5.41, 5.74) is 0.863. The number of nitrogens with zero attached hydrogens (tertiary/aromatic N) is 6. The monoisotopic (exact) mass is 300 g/mol. The molecule has 0 atom stereocenters. The Labute approximate surface area is 130 Å². The molecule has 6 heteroatoms. The van der Waals surface area contributed by atoms with Crippen molar-refractivity contribution in [3.63, 3.8) is 0 Å². The summed E-state index contributed by atoms with van der Waals surface area (Å²) in [7, 11) is 0. The predicted octanol–water partition coefficient (Wildman–Crippen LogP) is 3.01. The van der Waals surface area contributed by atoms with Gasteiger partial charge in [0.2, 0.25) is 0 Å². The molecule has 2 heterocycles. The predicted molar refractivity (Wildman–Crippen MR) is 83.3 cm³/mol. The van der Waals surface area contributed by atoms with E-state index < -0.39 is 0 Å². The third-order valence-electron chi connectivity index (χ3n) is 4.87. The minimum Gasteiger partial charge on any atom is -0.249 e. The van der Waals surface area contributed by atoms with Crippen molar-refractivity contribution >= 4 is 0 Å². The summed E-state index contributed by atoms with van der Waals surface area (Å²) in [6.45, 7) is 2.92. The van der Waals surface area contributed by atoms with Crippen LogP contribution in [0.25, 0.3) is 11.5 Å². The Kier molecular flexibility index (Phi) is 3.68. The van der Waals surface area contributed by atoms with Crippen molar-refractivity contribution in [1.29, 1.82) is 0 Å². The molecule has 2 aromatic rings. The maximum atomic E-state index is 4.73. The number of rotatable bonds is 5. The summed E-state index contributed by atoms with van der Waals surface area (Å²) < 4.78 is 4.01. The molecule has 2 saturated carbocycles. The van der Waals surface area contributed by atoms with Gasteiger partial charge in [0.15, 0.2) is 11.6 Å². The van der Waals surface area contributed by atoms with Gasteiger partial charge in [-0.3, -0.25) is 0 Å². The third-order valence-corrected chi connectivity index (χ3v) is 4.87. The van der Waals surface area contributed by atoms with Crippen LogP contribution in [0.4, 0.5) is 0 Å². The highest BCUT2D eigenvalue weighted by atomic mass is 15.4. The Morgan fingerprint density at radius 3 is 2.68 bits per heavy atom. The molecule has 0 radical (unpaired) electrons. The van der Waals surface area contributed by atoms with E-state index in [1.807, 2.05) is 9.36 Å². The fraction of sp³-hybridized carbons (Fsp3) is 0.750. The standard InChI is InChI=1S/C16H24N6/c1-2-21-16(17-15(19-21)10-12-8-9-12)14-11-22(20-18-14)13-6-4-3-5-7-13/h11-13H,2-10H2,1H3. The molecule has 0 bridgehead atoms. The number of aryl methyl sites for hydroxylation is 1. The molecule has 0 aromatic carbocycles. The summed E-state index contributed by atoms with van der Waals surface area (Å²) in [4.78, 5) is 4.73. The Hall–Kier alpha value is -1.72. The van der Waals surface area contributed by atoms with Gasteiger partial charge >= 0.3 is 0 Å². The molecule has 2 aromatic heterocycles. The molecule has 0 aliphatic heterocycles. The summed E-state index contributed by atoms with van der Waals surface area (Å²) in [6.07, 6.45) is 12.1. The number of aromatic nitrogens is 6. The van der Waals surface area contributed by atoms with E-state index in [9.17, 15) is 0 Å². The molecule has 22 heavy (non-hydrogen) atoms. The van der Waals surface area contributed by atoms with Crippen LogP contribution in [0.15, 0.2) is 6.20 Å². The Morgan fingerprint density at radius 1 is 1.14 bits per heavy atom. The lowest BCUT2D eigenvalue weighted by Crippen LogP contribution is -2.13. The molecule has 118 valence electrons. The second kappa shape index (κ2) is 5.82. The lowest BCUT2D eigenvalue weighted by molar-refractivity contribution is 0.324. The van der Waals surface area contributed by atoms with Crippen molar-refractivity contribution in [3.05, 3.63) is 12.0 Å². The Morgan fingerprint density at radius 2 is 1.95 bits per heavy atom. The van der Waals surface area contributed by atoms with Crippen LogP contribution in [-0.4, -0.2) is 29.8 Å². The topological polar surface area (TPSA) is 61.4 Å². The van der Waals surface area contributed by atoms with Gasteiger partial charge in [-0.1, -0.05) is 24.5 Å². The Balaban J connectivity index is 1.57. The van der Waals surface area contributed by atoms with Crippen LogP contribution >= 0.6 is 0 Å². The molecular weight excluding hydrogens is 276 g/mol. The highest BCUT2D eigenvalue weighted by Gasteiger charge is 2.25. The first-order valence-electron chi connectivity index (χ1n) is 8.69. The van der Waals surface area contributed by atoms with Gasteiger partial charge in [0.05, 0.1) is 12.2 Å². The normalized spacial score (nSPS) is 19.7. The van der Waals surface area contributed by atoms with E-state index in [0.29, 0.717) is 6.04 Å². The first-order valence-corrected chi connectivity index (χ1v) is 8.69. The second-order valence-electron chi connectivity index (χ2n) is 6.69. The number of hydrogen-bond acceptors (Lipinski definition) is 4. The highest BCUT2D eigenvalue weighted by Crippen LogP contribution is 2.32. The summed E-state index contributed by atoms with van der Waals surface area (Å²) in [5, 5.41) is 13.4. The molecule has 2 aliphatic rings. The van der Waals surface area contributed by atoms with Crippen LogP contribution in [-0.2, 0) is 13.0 Å². The number of hydrogen-bond donors (Lipinski definition) is 0. The van der Waals surface area contributed by atoms with Crippen LogP contribution in [0.5, 0.6) is 0 Å². The zero-order chi connectivity index (χ0) is 14.9. The molecule has 0 spiro atoms. The zero-order valence-electron chi connectivity index (χ0n) is 13.3. The van der Waals surface area contributed by atoms with Crippen LogP contribution in [0.2, 0.25) is 0 Å². The maximum Gasteiger partial charge on any atom is 0.180 e. The van der Waals surface area contributed by atoms with Gasteiger partial charge < -0.3 is 0 Å². The average molecular weight is 300 g/mol. The quantitative estimate of drug-likeness (QED) is 0.851. The molecule has 2 fully saturated rings. The lowest BCUT2D eigenvalue weighted by Gasteiger charge is -2.20. The SMILES string of the molecule is CCn1nc(CC2CC2)nc1-c1cn(C2CCCCC2)nn1. The fourth-order valence-corrected chi connectivity index (χ4v) is 3.37. The van der Waals surface area contributed by atoms with E-state index in [2.05, 4.69) is 28.5 Å². The van der Waals surface area contributed by atoms with Crippen LogP contribution in [0, 0.1) is 5.92 Å². The minimum absolute atomic E-state index is 0.513. The minimum atomic E-state index is 0.513. The van der Waals surface area contributed by atoms with Gasteiger partial charge in [-0.05, 0) is 38.5 Å². The van der Waals surface area contributed by atoms with Crippen LogP contribution < -0.4 is 0 Å². The summed E-state index contributed by atoms with van der Waals surface area (Å²) in [5.74, 6) is 2.64. The summed E-state index contributed by atoms with van der Waals surface area (Å²) >= 11 is 0. The van der Waals surface area contributed by atoms with Crippen LogP contribution in [0.3, 0.4) is 0 Å². The first kappa shape index (κ1) is 13.9. The zero-order valence-corrected chi connectivity index (χ0v) is 13.3. The van der Waals surface area contributed by atoms with E-state index in [0.717, 1.165) is 36.2 Å². The smallest absolute Gasteiger partial charge is 0.180 e. The van der Waals surface area contributed by atoms with Gasteiger partial charge in [0.1, 0.15) is 5.69 Å². The molecule has 4 rings (SSSR count). The van der Waals surface area contributed by atoms with Gasteiger partial charge in [0.25, 0.3) is 0 Å².